The minimum absolute atomic E-state index is 0.0271. The number of nitrogen functional groups attached to an aromatic ring is 1. The highest BCUT2D eigenvalue weighted by Crippen LogP contribution is 2.18. The van der Waals surface area contributed by atoms with E-state index in [1.807, 2.05) is 0 Å². The minimum atomic E-state index is -0.984. The van der Waals surface area contributed by atoms with Gasteiger partial charge < -0.3 is 16.2 Å². The summed E-state index contributed by atoms with van der Waals surface area (Å²) in [7, 11) is 0. The van der Waals surface area contributed by atoms with Crippen LogP contribution in [-0.4, -0.2) is 42.1 Å². The van der Waals surface area contributed by atoms with Crippen molar-refractivity contribution in [2.24, 2.45) is 0 Å². The van der Waals surface area contributed by atoms with Crippen molar-refractivity contribution < 1.29 is 14.8 Å². The van der Waals surface area contributed by atoms with E-state index in [4.69, 9.17) is 5.73 Å². The zero-order valence-electron chi connectivity index (χ0n) is 15.3. The summed E-state index contributed by atoms with van der Waals surface area (Å²) in [6.07, 6.45) is -0.935. The van der Waals surface area contributed by atoms with Gasteiger partial charge >= 0.3 is 0 Å². The molecule has 0 aliphatic heterocycles. The molecule has 0 saturated heterocycles. The van der Waals surface area contributed by atoms with Crippen LogP contribution >= 0.6 is 0 Å². The third-order valence-corrected chi connectivity index (χ3v) is 4.38. The van der Waals surface area contributed by atoms with Crippen molar-refractivity contribution >= 4 is 23.3 Å². The highest BCUT2D eigenvalue weighted by molar-refractivity contribution is 5.79. The zero-order chi connectivity index (χ0) is 20.4. The van der Waals surface area contributed by atoms with Gasteiger partial charge in [-0.3, -0.25) is 14.9 Å². The summed E-state index contributed by atoms with van der Waals surface area (Å²) in [5, 5.41) is 27.6. The number of carbonyl (C=O) groups is 1. The Labute approximate surface area is 159 Å². The number of aliphatic hydroxyl groups excluding tert-OH is 1. The molecule has 2 heterocycles. The van der Waals surface area contributed by atoms with Gasteiger partial charge in [0.2, 0.25) is 11.9 Å². The van der Waals surface area contributed by atoms with Gasteiger partial charge in [0.1, 0.15) is 0 Å². The van der Waals surface area contributed by atoms with E-state index in [2.05, 4.69) is 20.4 Å². The lowest BCUT2D eigenvalue weighted by Gasteiger charge is -2.14. The van der Waals surface area contributed by atoms with Crippen LogP contribution in [0.2, 0.25) is 0 Å². The molecule has 1 unspecified atom stereocenters. The van der Waals surface area contributed by atoms with E-state index >= 15 is 0 Å². The fourth-order valence-electron chi connectivity index (χ4n) is 2.85. The Hall–Kier alpha value is -3.60. The minimum Gasteiger partial charge on any atom is -0.387 e. The van der Waals surface area contributed by atoms with Gasteiger partial charge in [0.15, 0.2) is 0 Å². The number of nitro benzene ring substituents is 1. The number of non-ortho nitro benzene ring substituents is 1. The number of aliphatic hydroxyl groups is 1. The molecule has 0 bridgehead atoms. The lowest BCUT2D eigenvalue weighted by atomic mass is 10.1. The molecule has 0 aliphatic rings. The Morgan fingerprint density at radius 3 is 2.64 bits per heavy atom. The summed E-state index contributed by atoms with van der Waals surface area (Å²) in [4.78, 5) is 30.8. The number of amides is 1. The molecule has 1 amide bonds. The summed E-state index contributed by atoms with van der Waals surface area (Å²) < 4.78 is 1.48. The number of rotatable bonds is 6. The van der Waals surface area contributed by atoms with Crippen LogP contribution in [0.3, 0.4) is 0 Å². The monoisotopic (exact) mass is 385 g/mol. The molecule has 3 rings (SSSR count). The van der Waals surface area contributed by atoms with Crippen LogP contribution in [0.5, 0.6) is 0 Å². The summed E-state index contributed by atoms with van der Waals surface area (Å²) in [5.41, 5.74) is 8.04. The van der Waals surface area contributed by atoms with E-state index in [9.17, 15) is 20.0 Å². The number of benzene rings is 1. The van der Waals surface area contributed by atoms with Crippen LogP contribution in [0.4, 0.5) is 11.6 Å². The van der Waals surface area contributed by atoms with Crippen molar-refractivity contribution in [3.05, 3.63) is 56.9 Å². The molecule has 1 atom stereocenters. The molecule has 146 valence electrons. The number of aromatic nitrogens is 4. The second-order valence-corrected chi connectivity index (χ2v) is 6.29. The van der Waals surface area contributed by atoms with E-state index < -0.39 is 11.0 Å². The summed E-state index contributed by atoms with van der Waals surface area (Å²) in [6, 6.07) is 5.52. The van der Waals surface area contributed by atoms with Gasteiger partial charge in [0.05, 0.1) is 17.4 Å². The van der Waals surface area contributed by atoms with Crippen LogP contribution in [0, 0.1) is 24.0 Å². The average molecular weight is 385 g/mol. The summed E-state index contributed by atoms with van der Waals surface area (Å²) >= 11 is 0. The number of hydrogen-bond donors (Lipinski definition) is 3. The Morgan fingerprint density at radius 2 is 2.00 bits per heavy atom. The molecular weight excluding hydrogens is 366 g/mol. The van der Waals surface area contributed by atoms with Gasteiger partial charge in [-0.15, -0.1) is 5.10 Å². The van der Waals surface area contributed by atoms with Crippen molar-refractivity contribution in [1.29, 1.82) is 0 Å². The quantitative estimate of drug-likeness (QED) is 0.411. The fraction of sp³-hybridized carbons (Fsp3) is 0.294. The molecule has 0 fully saturated rings. The number of fused-ring (bicyclic) bond motifs is 1. The summed E-state index contributed by atoms with van der Waals surface area (Å²) in [6.45, 7) is 3.54. The first-order valence-corrected chi connectivity index (χ1v) is 8.43. The van der Waals surface area contributed by atoms with Crippen molar-refractivity contribution in [1.82, 2.24) is 24.9 Å². The van der Waals surface area contributed by atoms with Crippen molar-refractivity contribution in [3.8, 4) is 0 Å². The third-order valence-electron chi connectivity index (χ3n) is 4.38. The number of hydrogen-bond acceptors (Lipinski definition) is 8. The molecule has 2 aromatic heterocycles. The Morgan fingerprint density at radius 1 is 1.32 bits per heavy atom. The van der Waals surface area contributed by atoms with E-state index in [0.29, 0.717) is 28.3 Å². The van der Waals surface area contributed by atoms with Gasteiger partial charge in [-0.1, -0.05) is 0 Å². The molecular formula is C17H19N7O4. The van der Waals surface area contributed by atoms with Crippen molar-refractivity contribution in [2.45, 2.75) is 26.4 Å². The molecule has 3 aromatic rings. The maximum atomic E-state index is 12.3. The molecule has 11 heteroatoms. The van der Waals surface area contributed by atoms with Crippen LogP contribution < -0.4 is 11.1 Å². The number of nitrogens with zero attached hydrogens (tertiary/aromatic N) is 5. The van der Waals surface area contributed by atoms with E-state index in [-0.39, 0.29) is 30.5 Å². The van der Waals surface area contributed by atoms with Crippen LogP contribution in [0.25, 0.3) is 5.78 Å². The van der Waals surface area contributed by atoms with Crippen LogP contribution in [-0.2, 0) is 11.2 Å². The van der Waals surface area contributed by atoms with Gasteiger partial charge in [-0.05, 0) is 31.5 Å². The lowest BCUT2D eigenvalue weighted by molar-refractivity contribution is -0.384. The Balaban J connectivity index is 1.65. The van der Waals surface area contributed by atoms with E-state index in [1.165, 1.54) is 28.8 Å². The second kappa shape index (κ2) is 7.56. The standard InChI is InChI=1S/C17H19N7O4/c1-9-13(10(2)23-17(20-9)21-16(18)22-23)7-15(26)19-8-14(25)11-3-5-12(6-4-11)24(27)28/h3-6,14,25H,7-8H2,1-2H3,(H2,18,22)(H,19,26). The SMILES string of the molecule is Cc1nc2nc(N)nn2c(C)c1CC(=O)NCC(O)c1ccc([N+](=O)[O-])cc1. The second-order valence-electron chi connectivity index (χ2n) is 6.29. The predicted molar refractivity (Wildman–Crippen MR) is 99.4 cm³/mol. The number of nitrogens with two attached hydrogens (primary N) is 1. The van der Waals surface area contributed by atoms with Crippen LogP contribution in [0.1, 0.15) is 28.6 Å². The lowest BCUT2D eigenvalue weighted by Crippen LogP contribution is -2.30. The molecule has 0 aliphatic carbocycles. The van der Waals surface area contributed by atoms with Gasteiger partial charge in [-0.25, -0.2) is 4.98 Å². The number of carbonyl (C=O) groups excluding carboxylic acids is 1. The number of aryl methyl sites for hydroxylation is 2. The normalized spacial score (nSPS) is 12.1. The first kappa shape index (κ1) is 19.2. The maximum absolute atomic E-state index is 12.3. The molecule has 4 N–H and O–H groups in total. The third kappa shape index (κ3) is 3.88. The number of anilines is 1. The molecule has 11 nitrogen and oxygen atoms in total. The van der Waals surface area contributed by atoms with Gasteiger partial charge in [-0.2, -0.15) is 9.50 Å². The number of nitro groups is 1. The van der Waals surface area contributed by atoms with Gasteiger partial charge in [0, 0.05) is 35.6 Å². The highest BCUT2D eigenvalue weighted by Gasteiger charge is 2.17. The smallest absolute Gasteiger partial charge is 0.269 e. The van der Waals surface area contributed by atoms with Crippen molar-refractivity contribution in [3.63, 3.8) is 0 Å². The highest BCUT2D eigenvalue weighted by atomic mass is 16.6. The maximum Gasteiger partial charge on any atom is 0.269 e. The Bertz CT molecular complexity index is 1050. The van der Waals surface area contributed by atoms with Gasteiger partial charge in [0.25, 0.3) is 11.5 Å². The van der Waals surface area contributed by atoms with Crippen LogP contribution in [0.15, 0.2) is 24.3 Å². The summed E-state index contributed by atoms with van der Waals surface area (Å²) in [5.74, 6) is 0.162. The van der Waals surface area contributed by atoms with E-state index in [0.717, 1.165) is 0 Å². The molecule has 28 heavy (non-hydrogen) atoms. The average Bonchev–Trinajstić information content (AvgIpc) is 3.03. The molecule has 1 aromatic carbocycles. The van der Waals surface area contributed by atoms with Crippen molar-refractivity contribution in [2.75, 3.05) is 12.3 Å². The molecule has 0 radical (unpaired) electrons. The van der Waals surface area contributed by atoms with E-state index in [1.54, 1.807) is 13.8 Å². The molecule has 0 saturated carbocycles. The fourth-order valence-corrected chi connectivity index (χ4v) is 2.85. The molecule has 0 spiro atoms. The Kier molecular flexibility index (Phi) is 5.18. The zero-order valence-corrected chi connectivity index (χ0v) is 15.3. The predicted octanol–water partition coefficient (Wildman–Crippen LogP) is 0.624. The first-order valence-electron chi connectivity index (χ1n) is 8.43. The number of nitrogens with one attached hydrogen (secondary N) is 1. The largest absolute Gasteiger partial charge is 0.387 e. The first-order chi connectivity index (χ1) is 13.3. The topological polar surface area (TPSA) is 162 Å².